The maximum absolute atomic E-state index is 12.7. The predicted octanol–water partition coefficient (Wildman–Crippen LogP) is 2.10. The minimum atomic E-state index is -0.0430. The van der Waals surface area contributed by atoms with Gasteiger partial charge in [-0.05, 0) is 38.7 Å². The molecule has 2 aromatic heterocycles. The molecule has 0 bridgehead atoms. The first-order valence-corrected chi connectivity index (χ1v) is 8.92. The Kier molecular flexibility index (Phi) is 3.94. The number of H-pyrrole nitrogens is 1. The fourth-order valence-electron chi connectivity index (χ4n) is 3.68. The Morgan fingerprint density at radius 1 is 1.32 bits per heavy atom. The van der Waals surface area contributed by atoms with Crippen LogP contribution in [-0.2, 0) is 6.42 Å². The van der Waals surface area contributed by atoms with Crippen LogP contribution in [0.4, 0.5) is 5.82 Å². The van der Waals surface area contributed by atoms with Crippen molar-refractivity contribution in [1.82, 2.24) is 25.1 Å². The molecule has 7 nitrogen and oxygen atoms in total. The van der Waals surface area contributed by atoms with Crippen LogP contribution in [0.5, 0.6) is 0 Å². The van der Waals surface area contributed by atoms with Gasteiger partial charge >= 0.3 is 0 Å². The molecule has 7 heteroatoms. The highest BCUT2D eigenvalue weighted by Crippen LogP contribution is 2.48. The maximum atomic E-state index is 12.7. The number of carbonyl (C=O) groups excluding carboxylic acids is 1. The van der Waals surface area contributed by atoms with E-state index in [0.29, 0.717) is 11.2 Å². The topological polar surface area (TPSA) is 86.8 Å². The summed E-state index contributed by atoms with van der Waals surface area (Å²) in [6.07, 6.45) is 8.35. The fraction of sp³-hybridized carbons (Fsp3) is 0.556. The number of aromatic nitrogens is 4. The summed E-state index contributed by atoms with van der Waals surface area (Å²) in [5, 5.41) is 10.1. The molecular formula is C18H24N6O. The number of hydrogen-bond donors (Lipinski definition) is 2. The summed E-state index contributed by atoms with van der Waals surface area (Å²) in [6.45, 7) is 6.38. The van der Waals surface area contributed by atoms with Crippen LogP contribution < -0.4 is 5.32 Å². The summed E-state index contributed by atoms with van der Waals surface area (Å²) in [7, 11) is 0. The Bertz CT molecular complexity index is 773. The van der Waals surface area contributed by atoms with Crippen LogP contribution >= 0.6 is 0 Å². The first-order chi connectivity index (χ1) is 12.1. The van der Waals surface area contributed by atoms with Gasteiger partial charge in [0.05, 0.1) is 6.20 Å². The Labute approximate surface area is 147 Å². The van der Waals surface area contributed by atoms with Gasteiger partial charge in [0, 0.05) is 42.5 Å². The van der Waals surface area contributed by atoms with Gasteiger partial charge in [-0.15, -0.1) is 0 Å². The standard InChI is InChI=1S/C18H24N6O/c1-12-13(2)22-16(17(25)24-10-18(11-24)5-3-6-18)23-15(12)19-7-4-14-8-20-21-9-14/h8-9H,3-7,10-11H2,1-2H3,(H,20,21)(H,19,22,23). The van der Waals surface area contributed by atoms with Gasteiger partial charge in [0.2, 0.25) is 5.82 Å². The van der Waals surface area contributed by atoms with Crippen molar-refractivity contribution in [3.8, 4) is 0 Å². The highest BCUT2D eigenvalue weighted by molar-refractivity contribution is 5.91. The predicted molar refractivity (Wildman–Crippen MR) is 94.5 cm³/mol. The molecule has 1 saturated heterocycles. The van der Waals surface area contributed by atoms with Gasteiger partial charge in [0.25, 0.3) is 5.91 Å². The van der Waals surface area contributed by atoms with Crippen LogP contribution in [0.3, 0.4) is 0 Å². The zero-order valence-electron chi connectivity index (χ0n) is 14.8. The van der Waals surface area contributed by atoms with Gasteiger partial charge in [0.1, 0.15) is 5.82 Å². The van der Waals surface area contributed by atoms with Gasteiger partial charge in [-0.25, -0.2) is 9.97 Å². The van der Waals surface area contributed by atoms with Crippen molar-refractivity contribution in [2.24, 2.45) is 5.41 Å². The Morgan fingerprint density at radius 3 is 2.76 bits per heavy atom. The molecule has 1 spiro atoms. The van der Waals surface area contributed by atoms with E-state index in [9.17, 15) is 4.79 Å². The van der Waals surface area contributed by atoms with E-state index in [0.717, 1.165) is 48.7 Å². The molecule has 2 aromatic rings. The van der Waals surface area contributed by atoms with Gasteiger partial charge in [0.15, 0.2) is 0 Å². The molecule has 1 amide bonds. The van der Waals surface area contributed by atoms with Crippen LogP contribution in [0.2, 0.25) is 0 Å². The van der Waals surface area contributed by atoms with Crippen molar-refractivity contribution in [3.05, 3.63) is 35.0 Å². The second kappa shape index (κ2) is 6.13. The third-order valence-corrected chi connectivity index (χ3v) is 5.60. The number of carbonyl (C=O) groups is 1. The number of nitrogens with zero attached hydrogens (tertiary/aromatic N) is 4. The van der Waals surface area contributed by atoms with E-state index in [4.69, 9.17) is 0 Å². The van der Waals surface area contributed by atoms with E-state index in [1.54, 1.807) is 0 Å². The van der Waals surface area contributed by atoms with E-state index in [2.05, 4.69) is 25.5 Å². The lowest BCUT2D eigenvalue weighted by molar-refractivity contribution is -0.0432. The zero-order valence-corrected chi connectivity index (χ0v) is 14.8. The summed E-state index contributed by atoms with van der Waals surface area (Å²) < 4.78 is 0. The first-order valence-electron chi connectivity index (χ1n) is 8.92. The largest absolute Gasteiger partial charge is 0.369 e. The summed E-state index contributed by atoms with van der Waals surface area (Å²) in [4.78, 5) is 23.5. The van der Waals surface area contributed by atoms with Crippen molar-refractivity contribution >= 4 is 11.7 Å². The SMILES string of the molecule is Cc1nc(C(=O)N2CC3(CCC3)C2)nc(NCCc2cn[nH]c2)c1C. The van der Waals surface area contributed by atoms with Crippen LogP contribution in [-0.4, -0.2) is 50.6 Å². The molecule has 2 N–H and O–H groups in total. The first kappa shape index (κ1) is 16.1. The molecule has 2 aliphatic rings. The molecular weight excluding hydrogens is 316 g/mol. The number of anilines is 1. The smallest absolute Gasteiger partial charge is 0.291 e. The molecule has 1 aliphatic heterocycles. The molecule has 0 atom stereocenters. The number of aromatic amines is 1. The van der Waals surface area contributed by atoms with E-state index in [1.165, 1.54) is 19.3 Å². The van der Waals surface area contributed by atoms with Crippen molar-refractivity contribution in [2.75, 3.05) is 25.0 Å². The number of amides is 1. The average molecular weight is 340 g/mol. The average Bonchev–Trinajstić information content (AvgIpc) is 3.01. The van der Waals surface area contributed by atoms with Crippen LogP contribution in [0, 0.1) is 19.3 Å². The highest BCUT2D eigenvalue weighted by Gasteiger charge is 2.49. The quantitative estimate of drug-likeness (QED) is 0.870. The number of hydrogen-bond acceptors (Lipinski definition) is 5. The van der Waals surface area contributed by atoms with Crippen LogP contribution in [0.15, 0.2) is 12.4 Å². The Balaban J connectivity index is 1.43. The third-order valence-electron chi connectivity index (χ3n) is 5.60. The number of nitrogens with one attached hydrogen (secondary N) is 2. The second-order valence-electron chi connectivity index (χ2n) is 7.40. The van der Waals surface area contributed by atoms with Crippen molar-refractivity contribution in [1.29, 1.82) is 0 Å². The normalized spacial score (nSPS) is 17.9. The minimum absolute atomic E-state index is 0.0430. The van der Waals surface area contributed by atoms with Crippen LogP contribution in [0.25, 0.3) is 0 Å². The zero-order chi connectivity index (χ0) is 17.4. The van der Waals surface area contributed by atoms with Gasteiger partial charge < -0.3 is 10.2 Å². The van der Waals surface area contributed by atoms with Crippen molar-refractivity contribution in [2.45, 2.75) is 39.5 Å². The molecule has 4 rings (SSSR count). The molecule has 132 valence electrons. The van der Waals surface area contributed by atoms with Gasteiger partial charge in [-0.1, -0.05) is 6.42 Å². The number of aryl methyl sites for hydroxylation is 1. The van der Waals surface area contributed by atoms with E-state index < -0.39 is 0 Å². The van der Waals surface area contributed by atoms with E-state index in [-0.39, 0.29) is 5.91 Å². The maximum Gasteiger partial charge on any atom is 0.291 e. The second-order valence-corrected chi connectivity index (χ2v) is 7.40. The number of likely N-dealkylation sites (tertiary alicyclic amines) is 1. The summed E-state index contributed by atoms with van der Waals surface area (Å²) >= 11 is 0. The van der Waals surface area contributed by atoms with Crippen molar-refractivity contribution in [3.63, 3.8) is 0 Å². The molecule has 2 fully saturated rings. The Morgan fingerprint density at radius 2 is 2.12 bits per heavy atom. The molecule has 3 heterocycles. The van der Waals surface area contributed by atoms with E-state index >= 15 is 0 Å². The van der Waals surface area contributed by atoms with E-state index in [1.807, 2.05) is 31.1 Å². The lowest BCUT2D eigenvalue weighted by Crippen LogP contribution is -2.61. The Hall–Kier alpha value is -2.44. The molecule has 1 saturated carbocycles. The van der Waals surface area contributed by atoms with Gasteiger partial charge in [-0.3, -0.25) is 9.89 Å². The molecule has 1 aliphatic carbocycles. The lowest BCUT2D eigenvalue weighted by atomic mass is 9.63. The summed E-state index contributed by atoms with van der Waals surface area (Å²) in [6, 6.07) is 0. The molecule has 0 aromatic carbocycles. The van der Waals surface area contributed by atoms with Gasteiger partial charge in [-0.2, -0.15) is 5.10 Å². The number of rotatable bonds is 5. The highest BCUT2D eigenvalue weighted by atomic mass is 16.2. The molecule has 0 unspecified atom stereocenters. The summed E-state index contributed by atoms with van der Waals surface area (Å²) in [5.74, 6) is 1.01. The van der Waals surface area contributed by atoms with Crippen LogP contribution in [0.1, 0.15) is 46.7 Å². The molecule has 0 radical (unpaired) electrons. The van der Waals surface area contributed by atoms with Crippen molar-refractivity contribution < 1.29 is 4.79 Å². The monoisotopic (exact) mass is 340 g/mol. The molecule has 25 heavy (non-hydrogen) atoms. The summed E-state index contributed by atoms with van der Waals surface area (Å²) in [5.41, 5.74) is 3.39. The fourth-order valence-corrected chi connectivity index (χ4v) is 3.68. The lowest BCUT2D eigenvalue weighted by Gasteiger charge is -2.55. The third kappa shape index (κ3) is 2.99. The minimum Gasteiger partial charge on any atom is -0.369 e.